The van der Waals surface area contributed by atoms with E-state index in [4.69, 9.17) is 13.9 Å². The van der Waals surface area contributed by atoms with Crippen LogP contribution in [0.5, 0.6) is 11.5 Å². The molecule has 36 heavy (non-hydrogen) atoms. The van der Waals surface area contributed by atoms with Gasteiger partial charge >= 0.3 is 5.63 Å². The molecule has 0 amide bonds. The van der Waals surface area contributed by atoms with E-state index in [1.54, 1.807) is 37.4 Å². The molecule has 0 aliphatic heterocycles. The van der Waals surface area contributed by atoms with E-state index in [1.165, 1.54) is 0 Å². The minimum absolute atomic E-state index is 0.0259. The molecule has 0 aliphatic rings. The first kappa shape index (κ1) is 23.4. The van der Waals surface area contributed by atoms with Crippen LogP contribution in [0.3, 0.4) is 0 Å². The number of fused-ring (bicyclic) bond motifs is 3. The fourth-order valence-electron chi connectivity index (χ4n) is 4.26. The van der Waals surface area contributed by atoms with Crippen molar-refractivity contribution in [2.24, 2.45) is 0 Å². The van der Waals surface area contributed by atoms with Crippen molar-refractivity contribution in [1.29, 1.82) is 0 Å². The summed E-state index contributed by atoms with van der Waals surface area (Å²) < 4.78 is 17.3. The van der Waals surface area contributed by atoms with Gasteiger partial charge in [-0.2, -0.15) is 0 Å². The van der Waals surface area contributed by atoms with Crippen molar-refractivity contribution in [3.05, 3.63) is 118 Å². The average Bonchev–Trinajstić information content (AvgIpc) is 2.91. The minimum Gasteiger partial charge on any atom is -0.493 e. The average molecular weight is 479 g/mol. The molecular weight excluding hydrogens is 452 g/mol. The molecule has 0 fully saturated rings. The lowest BCUT2D eigenvalue weighted by Crippen LogP contribution is -2.03. The Labute approximate surface area is 208 Å². The summed E-state index contributed by atoms with van der Waals surface area (Å²) in [6.45, 7) is 4.44. The molecule has 5 aromatic rings. The number of ether oxygens (including phenoxy) is 2. The Kier molecular flexibility index (Phi) is 6.30. The first-order chi connectivity index (χ1) is 17.4. The smallest absolute Gasteiger partial charge is 0.344 e. The van der Waals surface area contributed by atoms with Crippen LogP contribution >= 0.6 is 0 Å². The van der Waals surface area contributed by atoms with E-state index in [1.807, 2.05) is 54.6 Å². The second-order valence-electron chi connectivity index (χ2n) is 9.03. The van der Waals surface area contributed by atoms with E-state index in [-0.39, 0.29) is 18.0 Å². The van der Waals surface area contributed by atoms with Gasteiger partial charge in [0.25, 0.3) is 0 Å². The normalized spacial score (nSPS) is 11.2. The fourth-order valence-corrected chi connectivity index (χ4v) is 4.26. The van der Waals surface area contributed by atoms with Gasteiger partial charge in [-0.25, -0.2) is 4.79 Å². The zero-order valence-corrected chi connectivity index (χ0v) is 20.4. The fraction of sp³-hybridized carbons (Fsp3) is 0.161. The molecule has 1 aromatic heterocycles. The van der Waals surface area contributed by atoms with Crippen molar-refractivity contribution in [2.45, 2.75) is 26.4 Å². The molecule has 0 radical (unpaired) electrons. The van der Waals surface area contributed by atoms with E-state index in [0.29, 0.717) is 39.5 Å². The number of hydrogen-bond donors (Lipinski definition) is 0. The number of carbonyl (C=O) groups is 1. The van der Waals surface area contributed by atoms with Crippen molar-refractivity contribution < 1.29 is 18.7 Å². The standard InChI is InChI=1S/C31H26O5/c1-19(2)23-13-14-24-25-16-28(34-3)29(17-27(25)36-31(33)26(24)15-23)35-18-20-9-11-22(12-10-20)30(32)21-7-5-4-6-8-21/h4-17,19H,18H2,1-3H3. The molecule has 0 saturated carbocycles. The quantitative estimate of drug-likeness (QED) is 0.145. The van der Waals surface area contributed by atoms with Crippen LogP contribution < -0.4 is 15.1 Å². The number of carbonyl (C=O) groups excluding carboxylic acids is 1. The highest BCUT2D eigenvalue weighted by molar-refractivity contribution is 6.09. The van der Waals surface area contributed by atoms with Crippen molar-refractivity contribution in [1.82, 2.24) is 0 Å². The monoisotopic (exact) mass is 478 g/mol. The lowest BCUT2D eigenvalue weighted by Gasteiger charge is -2.13. The van der Waals surface area contributed by atoms with E-state index in [0.717, 1.165) is 21.9 Å². The van der Waals surface area contributed by atoms with E-state index >= 15 is 0 Å². The van der Waals surface area contributed by atoms with Crippen LogP contribution in [0.25, 0.3) is 21.7 Å². The van der Waals surface area contributed by atoms with Crippen LogP contribution in [-0.4, -0.2) is 12.9 Å². The third-order valence-corrected chi connectivity index (χ3v) is 6.34. The first-order valence-electron chi connectivity index (χ1n) is 11.8. The second kappa shape index (κ2) is 9.70. The van der Waals surface area contributed by atoms with E-state index < -0.39 is 0 Å². The van der Waals surface area contributed by atoms with Gasteiger partial charge in [0.1, 0.15) is 12.2 Å². The number of hydrogen-bond acceptors (Lipinski definition) is 5. The van der Waals surface area contributed by atoms with Gasteiger partial charge in [-0.15, -0.1) is 0 Å². The molecule has 4 aromatic carbocycles. The summed E-state index contributed by atoms with van der Waals surface area (Å²) in [5.41, 5.74) is 3.29. The molecule has 1 heterocycles. The molecule has 0 aliphatic carbocycles. The maximum absolute atomic E-state index is 12.7. The van der Waals surface area contributed by atoms with Gasteiger partial charge in [-0.3, -0.25) is 4.79 Å². The number of benzene rings is 4. The van der Waals surface area contributed by atoms with Gasteiger partial charge in [-0.1, -0.05) is 80.6 Å². The Morgan fingerprint density at radius 3 is 2.22 bits per heavy atom. The van der Waals surface area contributed by atoms with Crippen molar-refractivity contribution in [3.8, 4) is 11.5 Å². The molecule has 5 heteroatoms. The molecule has 0 spiro atoms. The Morgan fingerprint density at radius 1 is 0.806 bits per heavy atom. The maximum atomic E-state index is 12.7. The van der Waals surface area contributed by atoms with Crippen molar-refractivity contribution in [2.75, 3.05) is 7.11 Å². The van der Waals surface area contributed by atoms with Gasteiger partial charge in [0, 0.05) is 28.0 Å². The second-order valence-corrected chi connectivity index (χ2v) is 9.03. The molecule has 0 atom stereocenters. The summed E-state index contributed by atoms with van der Waals surface area (Å²) in [6, 6.07) is 25.9. The summed E-state index contributed by atoms with van der Waals surface area (Å²) in [7, 11) is 1.58. The molecule has 0 saturated heterocycles. The van der Waals surface area contributed by atoms with Gasteiger partial charge in [-0.05, 0) is 29.2 Å². The van der Waals surface area contributed by atoms with Gasteiger partial charge < -0.3 is 13.9 Å². The number of rotatable bonds is 7. The molecule has 0 bridgehead atoms. The van der Waals surface area contributed by atoms with Gasteiger partial charge in [0.05, 0.1) is 12.5 Å². The summed E-state index contributed by atoms with van der Waals surface area (Å²) in [5.74, 6) is 1.29. The number of methoxy groups -OCH3 is 1. The largest absolute Gasteiger partial charge is 0.493 e. The number of ketones is 1. The Balaban J connectivity index is 1.42. The molecule has 5 rings (SSSR count). The predicted molar refractivity (Wildman–Crippen MR) is 141 cm³/mol. The van der Waals surface area contributed by atoms with Crippen LogP contribution in [0.4, 0.5) is 0 Å². The summed E-state index contributed by atoms with van der Waals surface area (Å²) in [4.78, 5) is 25.4. The topological polar surface area (TPSA) is 65.7 Å². The third kappa shape index (κ3) is 4.48. The third-order valence-electron chi connectivity index (χ3n) is 6.34. The van der Waals surface area contributed by atoms with Crippen molar-refractivity contribution >= 4 is 27.5 Å². The highest BCUT2D eigenvalue weighted by Gasteiger charge is 2.15. The highest BCUT2D eigenvalue weighted by atomic mass is 16.5. The summed E-state index contributed by atoms with van der Waals surface area (Å²) in [6.07, 6.45) is 0. The van der Waals surface area contributed by atoms with Crippen LogP contribution in [0.15, 0.2) is 94.1 Å². The van der Waals surface area contributed by atoms with Crippen LogP contribution in [0.2, 0.25) is 0 Å². The molecule has 5 nitrogen and oxygen atoms in total. The van der Waals surface area contributed by atoms with Crippen molar-refractivity contribution in [3.63, 3.8) is 0 Å². The SMILES string of the molecule is COc1cc2c(cc1OCc1ccc(C(=O)c3ccccc3)cc1)oc(=O)c1cc(C(C)C)ccc12. The minimum atomic E-state index is -0.380. The van der Waals surface area contributed by atoms with Gasteiger partial charge in [0.2, 0.25) is 0 Å². The lowest BCUT2D eigenvalue weighted by atomic mass is 9.98. The Hall–Kier alpha value is -4.38. The highest BCUT2D eigenvalue weighted by Crippen LogP contribution is 2.36. The Bertz CT molecular complexity index is 1610. The lowest BCUT2D eigenvalue weighted by molar-refractivity contribution is 0.103. The van der Waals surface area contributed by atoms with Crippen LogP contribution in [0, 0.1) is 0 Å². The van der Waals surface area contributed by atoms with E-state index in [2.05, 4.69) is 13.8 Å². The Morgan fingerprint density at radius 2 is 1.53 bits per heavy atom. The van der Waals surface area contributed by atoms with Gasteiger partial charge in [0.15, 0.2) is 17.3 Å². The van der Waals surface area contributed by atoms with E-state index in [9.17, 15) is 9.59 Å². The summed E-state index contributed by atoms with van der Waals surface area (Å²) >= 11 is 0. The zero-order valence-electron chi connectivity index (χ0n) is 20.4. The first-order valence-corrected chi connectivity index (χ1v) is 11.8. The maximum Gasteiger partial charge on any atom is 0.344 e. The molecule has 0 N–H and O–H groups in total. The molecule has 0 unspecified atom stereocenters. The molecule has 180 valence electrons. The molecular formula is C31H26O5. The summed E-state index contributed by atoms with van der Waals surface area (Å²) in [5, 5.41) is 2.15. The van der Waals surface area contributed by atoms with Crippen LogP contribution in [0.1, 0.15) is 46.8 Å². The zero-order chi connectivity index (χ0) is 25.2. The van der Waals surface area contributed by atoms with Crippen LogP contribution in [-0.2, 0) is 6.61 Å². The predicted octanol–water partition coefficient (Wildman–Crippen LogP) is 6.89.